The van der Waals surface area contributed by atoms with Crippen molar-refractivity contribution in [1.82, 2.24) is 4.90 Å². The summed E-state index contributed by atoms with van der Waals surface area (Å²) in [6, 6.07) is -21.6. The van der Waals surface area contributed by atoms with Gasteiger partial charge in [0.25, 0.3) is 0 Å². The number of carbonyl (C=O) groups is 1. The Morgan fingerprint density at radius 1 is 0.739 bits per heavy atom. The number of alkyl halides is 12. The largest absolute Gasteiger partial charge is 1.00 e. The molecule has 0 bridgehead atoms. The summed E-state index contributed by atoms with van der Waals surface area (Å²) in [7, 11) is 0. The quantitative estimate of drug-likeness (QED) is 0.332. The van der Waals surface area contributed by atoms with Crippen LogP contribution in [0.15, 0.2) is 0 Å². The van der Waals surface area contributed by atoms with Gasteiger partial charge in [-0.15, -0.1) is 4.90 Å². The molecule has 130 valence electrons. The van der Waals surface area contributed by atoms with Crippen molar-refractivity contribution >= 4 is 5.97 Å². The maximum absolute atomic E-state index is 12.9. The Labute approximate surface area is 160 Å². The van der Waals surface area contributed by atoms with E-state index in [1.165, 1.54) is 0 Å². The smallest absolute Gasteiger partial charge is 0.543 e. The first kappa shape index (κ1) is 23.2. The predicted octanol–water partition coefficient (Wildman–Crippen LogP) is -1.26. The van der Waals surface area contributed by atoms with Crippen LogP contribution < -0.4 is 56.5 Å². The zero-order valence-electron chi connectivity index (χ0n) is 10.3. The molecule has 0 radical (unpaired) electrons. The van der Waals surface area contributed by atoms with Gasteiger partial charge in [-0.3, -0.25) is 0 Å². The SMILES string of the molecule is O=C([O-])C(F)(F)N1C(F)(F)C(F)(F)C(F)(F)C(F)(F)C1(F)F.[K+]. The van der Waals surface area contributed by atoms with E-state index in [0.29, 0.717) is 0 Å². The van der Waals surface area contributed by atoms with Crippen LogP contribution in [0.3, 0.4) is 0 Å². The summed E-state index contributed by atoms with van der Waals surface area (Å²) in [6.45, 7) is 0. The molecular formula is C7F12KNO2. The molecule has 16 heteroatoms. The van der Waals surface area contributed by atoms with E-state index in [2.05, 4.69) is 0 Å². The normalized spacial score (nSPS) is 27.8. The average Bonchev–Trinajstić information content (AvgIpc) is 2.24. The summed E-state index contributed by atoms with van der Waals surface area (Å²) >= 11 is 0. The van der Waals surface area contributed by atoms with Crippen molar-refractivity contribution in [3.63, 3.8) is 0 Å². The standard InChI is InChI=1S/C7HF12NO2.K/c8-2(9,1(21)22)20-6(16,17)4(12,13)3(10,11)5(14,15)7(20,18)19;/h(H,21,22);/q;+1/p-1. The van der Waals surface area contributed by atoms with Gasteiger partial charge < -0.3 is 9.90 Å². The second-order valence-electron chi connectivity index (χ2n) is 3.97. The minimum absolute atomic E-state index is 0. The molecule has 0 unspecified atom stereocenters. The van der Waals surface area contributed by atoms with Gasteiger partial charge in [-0.25, -0.2) is 0 Å². The van der Waals surface area contributed by atoms with Crippen LogP contribution in [0.25, 0.3) is 0 Å². The van der Waals surface area contributed by atoms with E-state index < -0.39 is 46.8 Å². The van der Waals surface area contributed by atoms with Crippen LogP contribution in [0.4, 0.5) is 52.7 Å². The van der Waals surface area contributed by atoms with Gasteiger partial charge in [0.05, 0.1) is 0 Å². The summed E-state index contributed by atoms with van der Waals surface area (Å²) < 4.78 is 154. The predicted molar refractivity (Wildman–Crippen MR) is 36.5 cm³/mol. The van der Waals surface area contributed by atoms with Crippen molar-refractivity contribution < 1.29 is 114 Å². The van der Waals surface area contributed by atoms with Gasteiger partial charge in [-0.1, -0.05) is 0 Å². The Hall–Kier alpha value is 0.226. The van der Waals surface area contributed by atoms with E-state index in [1.54, 1.807) is 0 Å². The number of piperidine rings is 1. The third-order valence-corrected chi connectivity index (χ3v) is 2.63. The van der Waals surface area contributed by atoms with Crippen LogP contribution in [-0.4, -0.2) is 46.8 Å². The molecule has 0 aromatic heterocycles. The number of likely N-dealkylation sites (tertiary alicyclic amines) is 1. The average molecular weight is 397 g/mol. The first-order valence-corrected chi connectivity index (χ1v) is 4.60. The Balaban J connectivity index is 0.00000484. The fourth-order valence-electron chi connectivity index (χ4n) is 1.48. The van der Waals surface area contributed by atoms with Crippen LogP contribution in [0, 0.1) is 0 Å². The van der Waals surface area contributed by atoms with Crippen molar-refractivity contribution in [2.75, 3.05) is 0 Å². The van der Waals surface area contributed by atoms with Crippen LogP contribution in [0.5, 0.6) is 0 Å². The second kappa shape index (κ2) is 5.62. The van der Waals surface area contributed by atoms with E-state index in [9.17, 15) is 62.6 Å². The summed E-state index contributed by atoms with van der Waals surface area (Å²) in [4.78, 5) is 6.04. The number of carboxylic acids is 1. The Morgan fingerprint density at radius 3 is 1.22 bits per heavy atom. The van der Waals surface area contributed by atoms with Gasteiger partial charge >= 0.3 is 87.3 Å². The fraction of sp³-hybridized carbons (Fsp3) is 0.857. The van der Waals surface area contributed by atoms with Gasteiger partial charge in [-0.2, -0.15) is 52.7 Å². The van der Waals surface area contributed by atoms with Gasteiger partial charge in [-0.05, 0) is 0 Å². The molecule has 1 heterocycles. The third kappa shape index (κ3) is 2.51. The maximum Gasteiger partial charge on any atom is 1.00 e. The molecule has 0 N–H and O–H groups in total. The number of hydrogen-bond acceptors (Lipinski definition) is 3. The summed E-state index contributed by atoms with van der Waals surface area (Å²) in [5, 5.41) is 9.83. The summed E-state index contributed by atoms with van der Waals surface area (Å²) in [5.41, 5.74) is 0. The van der Waals surface area contributed by atoms with E-state index in [-0.39, 0.29) is 51.4 Å². The number of rotatable bonds is 2. The van der Waals surface area contributed by atoms with Crippen LogP contribution in [-0.2, 0) is 4.79 Å². The molecule has 0 spiro atoms. The molecule has 23 heavy (non-hydrogen) atoms. The molecule has 0 aromatic rings. The molecule has 1 fully saturated rings. The van der Waals surface area contributed by atoms with Crippen molar-refractivity contribution in [1.29, 1.82) is 0 Å². The van der Waals surface area contributed by atoms with Gasteiger partial charge in [0, 0.05) is 0 Å². The topological polar surface area (TPSA) is 43.4 Å². The molecule has 1 saturated heterocycles. The van der Waals surface area contributed by atoms with Crippen LogP contribution in [0.2, 0.25) is 0 Å². The van der Waals surface area contributed by atoms with E-state index in [4.69, 9.17) is 0 Å². The Bertz CT molecular complexity index is 476. The number of carbonyl (C=O) groups excluding carboxylic acids is 1. The zero-order chi connectivity index (χ0) is 18.2. The maximum atomic E-state index is 12.9. The fourth-order valence-corrected chi connectivity index (χ4v) is 1.48. The number of hydrogen-bond donors (Lipinski definition) is 0. The van der Waals surface area contributed by atoms with Crippen LogP contribution in [0.1, 0.15) is 0 Å². The van der Waals surface area contributed by atoms with Gasteiger partial charge in [0.1, 0.15) is 5.97 Å². The van der Waals surface area contributed by atoms with Crippen molar-refractivity contribution in [2.24, 2.45) is 0 Å². The summed E-state index contributed by atoms with van der Waals surface area (Å²) in [6.07, 6.45) is 0. The van der Waals surface area contributed by atoms with E-state index in [1.807, 2.05) is 0 Å². The second-order valence-corrected chi connectivity index (χ2v) is 3.97. The minimum Gasteiger partial charge on any atom is -0.543 e. The van der Waals surface area contributed by atoms with E-state index in [0.717, 1.165) is 0 Å². The zero-order valence-corrected chi connectivity index (χ0v) is 13.4. The van der Waals surface area contributed by atoms with Crippen molar-refractivity contribution in [3.05, 3.63) is 0 Å². The molecule has 1 rings (SSSR count). The molecule has 0 saturated carbocycles. The first-order valence-electron chi connectivity index (χ1n) is 4.60. The number of nitrogens with zero attached hydrogens (tertiary/aromatic N) is 1. The van der Waals surface area contributed by atoms with Gasteiger partial charge in [0.15, 0.2) is 0 Å². The van der Waals surface area contributed by atoms with Crippen LogP contribution >= 0.6 is 0 Å². The molecular weight excluding hydrogens is 397 g/mol. The Morgan fingerprint density at radius 2 is 1.00 bits per heavy atom. The molecule has 0 amide bonds. The van der Waals surface area contributed by atoms with Crippen molar-refractivity contribution in [3.8, 4) is 0 Å². The monoisotopic (exact) mass is 397 g/mol. The molecule has 0 aliphatic carbocycles. The molecule has 3 nitrogen and oxygen atoms in total. The minimum atomic E-state index is -7.48. The molecule has 1 aliphatic rings. The number of carboxylic acid groups (broad SMARTS) is 1. The molecule has 0 atom stereocenters. The molecule has 1 aliphatic heterocycles. The third-order valence-electron chi connectivity index (χ3n) is 2.63. The van der Waals surface area contributed by atoms with Crippen molar-refractivity contribution in [2.45, 2.75) is 35.9 Å². The van der Waals surface area contributed by atoms with E-state index >= 15 is 0 Å². The first-order chi connectivity index (χ1) is 9.31. The summed E-state index contributed by atoms with van der Waals surface area (Å²) in [5.74, 6) is -26.6. The number of halogens is 12. The number of aliphatic carboxylic acids is 1. The molecule has 0 aromatic carbocycles. The van der Waals surface area contributed by atoms with Gasteiger partial charge in [0.2, 0.25) is 0 Å². The Kier molecular flexibility index (Phi) is 5.67.